The maximum absolute atomic E-state index is 12.7. The Balaban J connectivity index is 2.30. The molecule has 1 aromatic carbocycles. The lowest BCUT2D eigenvalue weighted by Gasteiger charge is -2.31. The van der Waals surface area contributed by atoms with Gasteiger partial charge in [0.2, 0.25) is 5.91 Å². The number of carboxylic acid groups (broad SMARTS) is 1. The first kappa shape index (κ1) is 19.3. The van der Waals surface area contributed by atoms with Gasteiger partial charge in [0.25, 0.3) is 0 Å². The Hall–Kier alpha value is -2.05. The standard InChI is InChI=1S/C18H20ClNO4S/c1-11(14-7-8-15(19)25-14)17(23)20-18(2,10-16(21)22)12-5-4-6-13(9-12)24-3/h4-9,11H,10H2,1-3H3,(H,20,23)(H,21,22). The van der Waals surface area contributed by atoms with Crippen LogP contribution in [0, 0.1) is 0 Å². The molecule has 0 spiro atoms. The normalized spacial score (nSPS) is 14.4. The highest BCUT2D eigenvalue weighted by Crippen LogP contribution is 2.31. The summed E-state index contributed by atoms with van der Waals surface area (Å²) in [6.07, 6.45) is -0.246. The average molecular weight is 382 g/mol. The fraction of sp³-hybridized carbons (Fsp3) is 0.333. The molecule has 0 fully saturated rings. The molecule has 0 saturated heterocycles. The molecule has 0 bridgehead atoms. The summed E-state index contributed by atoms with van der Waals surface area (Å²) in [5.41, 5.74) is -0.397. The number of hydrogen-bond acceptors (Lipinski definition) is 4. The Labute approximate surface area is 155 Å². The van der Waals surface area contributed by atoms with Crippen molar-refractivity contribution in [3.05, 3.63) is 51.2 Å². The van der Waals surface area contributed by atoms with Crippen molar-refractivity contribution in [2.75, 3.05) is 7.11 Å². The fourth-order valence-corrected chi connectivity index (χ4v) is 3.67. The van der Waals surface area contributed by atoms with Crippen LogP contribution in [0.1, 0.15) is 36.6 Å². The Morgan fingerprint density at radius 1 is 1.36 bits per heavy atom. The minimum atomic E-state index is -1.06. The van der Waals surface area contributed by atoms with Crippen LogP contribution in [0.15, 0.2) is 36.4 Å². The molecule has 5 nitrogen and oxygen atoms in total. The van der Waals surface area contributed by atoms with Crippen molar-refractivity contribution in [3.63, 3.8) is 0 Å². The second-order valence-electron chi connectivity index (χ2n) is 5.99. The number of halogens is 1. The second-order valence-corrected chi connectivity index (χ2v) is 7.73. The van der Waals surface area contributed by atoms with Gasteiger partial charge in [0.15, 0.2) is 0 Å². The maximum Gasteiger partial charge on any atom is 0.306 e. The number of ether oxygens (including phenoxy) is 1. The van der Waals surface area contributed by atoms with Crippen LogP contribution < -0.4 is 10.1 Å². The molecule has 0 aliphatic heterocycles. The van der Waals surface area contributed by atoms with E-state index in [1.165, 1.54) is 18.4 Å². The van der Waals surface area contributed by atoms with Gasteiger partial charge in [-0.2, -0.15) is 0 Å². The lowest BCUT2D eigenvalue weighted by atomic mass is 9.87. The van der Waals surface area contributed by atoms with E-state index in [0.29, 0.717) is 15.6 Å². The van der Waals surface area contributed by atoms with Gasteiger partial charge < -0.3 is 15.2 Å². The Bertz CT molecular complexity index is 776. The zero-order valence-corrected chi connectivity index (χ0v) is 15.8. The molecule has 2 aromatic rings. The van der Waals surface area contributed by atoms with Crippen molar-refractivity contribution in [1.29, 1.82) is 0 Å². The van der Waals surface area contributed by atoms with Crippen LogP contribution >= 0.6 is 22.9 Å². The van der Waals surface area contributed by atoms with E-state index in [4.69, 9.17) is 16.3 Å². The number of carboxylic acids is 1. The number of aliphatic carboxylic acids is 1. The van der Waals surface area contributed by atoms with Gasteiger partial charge in [0.1, 0.15) is 5.75 Å². The first-order valence-corrected chi connectivity index (χ1v) is 8.88. The molecule has 7 heteroatoms. The predicted molar refractivity (Wildman–Crippen MR) is 98.5 cm³/mol. The van der Waals surface area contributed by atoms with E-state index in [9.17, 15) is 14.7 Å². The number of thiophene rings is 1. The Morgan fingerprint density at radius 3 is 2.64 bits per heavy atom. The van der Waals surface area contributed by atoms with Crippen LogP contribution in [0.5, 0.6) is 5.75 Å². The fourth-order valence-electron chi connectivity index (χ4n) is 2.56. The highest BCUT2D eigenvalue weighted by atomic mass is 35.5. The van der Waals surface area contributed by atoms with Gasteiger partial charge in [-0.15, -0.1) is 11.3 Å². The van der Waals surface area contributed by atoms with Crippen LogP contribution in [0.2, 0.25) is 4.34 Å². The van der Waals surface area contributed by atoms with Gasteiger partial charge in [-0.25, -0.2) is 0 Å². The molecule has 2 unspecified atom stereocenters. The van der Waals surface area contributed by atoms with Crippen LogP contribution in [0.25, 0.3) is 0 Å². The first-order valence-electron chi connectivity index (χ1n) is 7.69. The quantitative estimate of drug-likeness (QED) is 0.759. The van der Waals surface area contributed by atoms with Gasteiger partial charge >= 0.3 is 5.97 Å². The summed E-state index contributed by atoms with van der Waals surface area (Å²) in [6.45, 7) is 3.46. The highest BCUT2D eigenvalue weighted by molar-refractivity contribution is 7.16. The lowest BCUT2D eigenvalue weighted by Crippen LogP contribution is -2.46. The highest BCUT2D eigenvalue weighted by Gasteiger charge is 2.33. The number of carbonyl (C=O) groups excluding carboxylic acids is 1. The van der Waals surface area contributed by atoms with Crippen LogP contribution in [0.3, 0.4) is 0 Å². The second kappa shape index (κ2) is 7.89. The van der Waals surface area contributed by atoms with Crippen molar-refractivity contribution in [2.45, 2.75) is 31.7 Å². The topological polar surface area (TPSA) is 75.6 Å². The van der Waals surface area contributed by atoms with E-state index in [-0.39, 0.29) is 12.3 Å². The molecule has 0 saturated carbocycles. The summed E-state index contributed by atoms with van der Waals surface area (Å²) < 4.78 is 5.81. The molecule has 0 aliphatic carbocycles. The smallest absolute Gasteiger partial charge is 0.306 e. The maximum atomic E-state index is 12.7. The van der Waals surface area contributed by atoms with Gasteiger partial charge in [-0.3, -0.25) is 9.59 Å². The monoisotopic (exact) mass is 381 g/mol. The van der Waals surface area contributed by atoms with Crippen molar-refractivity contribution < 1.29 is 19.4 Å². The van der Waals surface area contributed by atoms with E-state index in [1.54, 1.807) is 50.2 Å². The van der Waals surface area contributed by atoms with Crippen molar-refractivity contribution >= 4 is 34.8 Å². The minimum absolute atomic E-state index is 0.246. The average Bonchev–Trinajstić information content (AvgIpc) is 2.99. The Morgan fingerprint density at radius 2 is 2.08 bits per heavy atom. The van der Waals surface area contributed by atoms with Gasteiger partial charge in [-0.05, 0) is 43.7 Å². The molecule has 1 heterocycles. The third kappa shape index (κ3) is 4.74. The van der Waals surface area contributed by atoms with Crippen LogP contribution in [-0.4, -0.2) is 24.1 Å². The van der Waals surface area contributed by atoms with E-state index < -0.39 is 17.4 Å². The molecule has 2 N–H and O–H groups in total. The summed E-state index contributed by atoms with van der Waals surface area (Å²) in [7, 11) is 1.54. The summed E-state index contributed by atoms with van der Waals surface area (Å²) in [6, 6.07) is 10.6. The van der Waals surface area contributed by atoms with Crippen molar-refractivity contribution in [2.24, 2.45) is 0 Å². The summed E-state index contributed by atoms with van der Waals surface area (Å²) in [4.78, 5) is 24.9. The number of rotatable bonds is 7. The summed E-state index contributed by atoms with van der Waals surface area (Å²) >= 11 is 7.27. The molecule has 1 aromatic heterocycles. The van der Waals surface area contributed by atoms with E-state index >= 15 is 0 Å². The molecule has 2 rings (SSSR count). The van der Waals surface area contributed by atoms with Gasteiger partial charge in [-0.1, -0.05) is 23.7 Å². The van der Waals surface area contributed by atoms with Crippen LogP contribution in [-0.2, 0) is 15.1 Å². The molecule has 0 aliphatic rings. The SMILES string of the molecule is COc1cccc(C(C)(CC(=O)O)NC(=O)C(C)c2ccc(Cl)s2)c1. The molecule has 25 heavy (non-hydrogen) atoms. The Kier molecular flexibility index (Phi) is 6.08. The molecular weight excluding hydrogens is 362 g/mol. The van der Waals surface area contributed by atoms with E-state index in [2.05, 4.69) is 5.32 Å². The number of benzene rings is 1. The third-order valence-corrected chi connectivity index (χ3v) is 5.44. The van der Waals surface area contributed by atoms with Crippen molar-refractivity contribution in [3.8, 4) is 5.75 Å². The molecular formula is C18H20ClNO4S. The zero-order chi connectivity index (χ0) is 18.6. The summed E-state index contributed by atoms with van der Waals surface area (Å²) in [5.74, 6) is -1.10. The number of amides is 1. The predicted octanol–water partition coefficient (Wildman–Crippen LogP) is 4.02. The third-order valence-electron chi connectivity index (χ3n) is 4.02. The van der Waals surface area contributed by atoms with Crippen molar-refractivity contribution in [1.82, 2.24) is 5.32 Å². The number of carbonyl (C=O) groups is 2. The number of hydrogen-bond donors (Lipinski definition) is 2. The van der Waals surface area contributed by atoms with Crippen LogP contribution in [0.4, 0.5) is 0 Å². The zero-order valence-electron chi connectivity index (χ0n) is 14.2. The molecule has 134 valence electrons. The molecule has 1 amide bonds. The number of methoxy groups -OCH3 is 1. The minimum Gasteiger partial charge on any atom is -0.497 e. The molecule has 0 radical (unpaired) electrons. The van der Waals surface area contributed by atoms with Gasteiger partial charge in [0.05, 0.1) is 29.3 Å². The number of nitrogens with one attached hydrogen (secondary N) is 1. The summed E-state index contributed by atoms with van der Waals surface area (Å²) in [5, 5.41) is 12.2. The van der Waals surface area contributed by atoms with E-state index in [1.807, 2.05) is 0 Å². The first-order chi connectivity index (χ1) is 11.7. The van der Waals surface area contributed by atoms with E-state index in [0.717, 1.165) is 4.88 Å². The van der Waals surface area contributed by atoms with Gasteiger partial charge in [0, 0.05) is 4.88 Å². The largest absolute Gasteiger partial charge is 0.497 e. The lowest BCUT2D eigenvalue weighted by molar-refractivity contribution is -0.139. The molecule has 2 atom stereocenters.